The summed E-state index contributed by atoms with van der Waals surface area (Å²) in [7, 11) is 0. The second-order valence-corrected chi connectivity index (χ2v) is 14.7. The van der Waals surface area contributed by atoms with Crippen molar-refractivity contribution in [3.8, 4) is 0 Å². The first-order chi connectivity index (χ1) is 25.8. The minimum absolute atomic E-state index is 0.142. The number of hydrogen-bond donors (Lipinski definition) is 1. The Kier molecular flexibility index (Phi) is 18.2. The molecule has 2 aromatic heterocycles. The number of Topliss-reactive ketones (excluding diaryl/α,β-unsaturated/α-hetero) is 2. The Labute approximate surface area is 315 Å². The minimum Gasteiger partial charge on any atom is -0.465 e. The van der Waals surface area contributed by atoms with E-state index in [9.17, 15) is 24.0 Å². The van der Waals surface area contributed by atoms with E-state index < -0.39 is 5.97 Å². The van der Waals surface area contributed by atoms with Gasteiger partial charge in [-0.2, -0.15) is 0 Å². The van der Waals surface area contributed by atoms with Gasteiger partial charge in [-0.25, -0.2) is 4.79 Å². The fourth-order valence-corrected chi connectivity index (χ4v) is 7.31. The van der Waals surface area contributed by atoms with Crippen molar-refractivity contribution in [2.75, 3.05) is 45.9 Å². The molecule has 2 aliphatic carbocycles. The van der Waals surface area contributed by atoms with Crippen molar-refractivity contribution in [2.24, 2.45) is 11.8 Å². The van der Waals surface area contributed by atoms with Gasteiger partial charge in [0, 0.05) is 61.5 Å². The van der Waals surface area contributed by atoms with Crippen LogP contribution in [0.4, 0.5) is 0 Å². The van der Waals surface area contributed by atoms with E-state index in [1.54, 1.807) is 6.92 Å². The monoisotopic (exact) mass is 732 g/mol. The number of rotatable bonds is 17. The van der Waals surface area contributed by atoms with Crippen LogP contribution in [-0.2, 0) is 72.0 Å². The highest BCUT2D eigenvalue weighted by Gasteiger charge is 2.30. The molecule has 4 aliphatic rings. The van der Waals surface area contributed by atoms with Gasteiger partial charge < -0.3 is 14.8 Å². The molecular weight excluding hydrogens is 672 g/mol. The average molecular weight is 733 g/mol. The van der Waals surface area contributed by atoms with Gasteiger partial charge in [-0.15, -0.1) is 0 Å². The Morgan fingerprint density at radius 3 is 1.70 bits per heavy atom. The lowest BCUT2D eigenvalue weighted by Gasteiger charge is -2.38. The molecular formula is C42H60N4O7. The first kappa shape index (κ1) is 41.9. The van der Waals surface area contributed by atoms with Gasteiger partial charge >= 0.3 is 11.9 Å². The number of aromatic nitrogens is 2. The Hall–Kier alpha value is -3.83. The van der Waals surface area contributed by atoms with Crippen molar-refractivity contribution in [2.45, 2.75) is 117 Å². The molecule has 0 spiro atoms. The summed E-state index contributed by atoms with van der Waals surface area (Å²) in [5.41, 5.74) is 7.73. The summed E-state index contributed by atoms with van der Waals surface area (Å²) in [5.74, 6) is 0.790. The van der Waals surface area contributed by atoms with Crippen LogP contribution >= 0.6 is 0 Å². The summed E-state index contributed by atoms with van der Waals surface area (Å²) in [4.78, 5) is 66.3. The zero-order valence-electron chi connectivity index (χ0n) is 32.0. The van der Waals surface area contributed by atoms with E-state index in [-0.39, 0.29) is 18.9 Å². The molecule has 6 rings (SSSR count). The van der Waals surface area contributed by atoms with E-state index in [2.05, 4.69) is 34.3 Å². The zero-order valence-corrected chi connectivity index (χ0v) is 32.0. The Bertz CT molecular complexity index is 1500. The third-order valence-corrected chi connectivity index (χ3v) is 10.2. The lowest BCUT2D eigenvalue weighted by atomic mass is 9.92. The molecule has 53 heavy (non-hydrogen) atoms. The number of ether oxygens (including phenoxy) is 2. The van der Waals surface area contributed by atoms with E-state index in [4.69, 9.17) is 14.7 Å². The largest absolute Gasteiger partial charge is 0.465 e. The number of carbonyl (C=O) groups is 5. The number of carbonyl (C=O) groups excluding carboxylic acids is 5. The number of hydrogen-bond acceptors (Lipinski definition) is 11. The standard InChI is InChI=1S/C21H30N2O3.C17H24N2O.C4H6O3/c1-2-26-21(25)15-23-13-16(14-23)12-19(24)8-5-7-18-11-10-17-6-3-4-9-20(17)22-18;20-16(10-13-11-18-12-13)6-3-5-15-9-8-14-4-1-2-7-17(14)19-15;1-2-7-4(6)3-5/h10-11,16H,2-9,12-15H2,1H3;8-9,13,18H,1-7,10-12H2;3H,2H2,1H3. The van der Waals surface area contributed by atoms with Gasteiger partial charge in [0.1, 0.15) is 11.6 Å². The SMILES string of the molecule is CCOC(=O)C=O.CCOC(=O)CN1CC(CC(=O)CCCc2ccc3c(n2)CCCC3)C1.O=C(CCCc1ccc2c(n1)CCCC2)CC1CNC1. The first-order valence-electron chi connectivity index (χ1n) is 20.0. The molecule has 0 aromatic carbocycles. The molecule has 0 amide bonds. The van der Waals surface area contributed by atoms with Gasteiger partial charge in [-0.1, -0.05) is 12.1 Å². The number of pyridine rings is 2. The molecule has 0 bridgehead atoms. The quantitative estimate of drug-likeness (QED) is 0.134. The lowest BCUT2D eigenvalue weighted by molar-refractivity contribution is -0.148. The third-order valence-electron chi connectivity index (χ3n) is 10.2. The molecule has 11 heteroatoms. The number of aryl methyl sites for hydroxylation is 6. The molecule has 0 unspecified atom stereocenters. The number of esters is 2. The molecule has 2 aliphatic heterocycles. The van der Waals surface area contributed by atoms with Crippen molar-refractivity contribution < 1.29 is 33.4 Å². The highest BCUT2D eigenvalue weighted by Crippen LogP contribution is 2.23. The van der Waals surface area contributed by atoms with Crippen LogP contribution in [-0.4, -0.2) is 90.6 Å². The molecule has 0 saturated carbocycles. The number of aldehydes is 1. The van der Waals surface area contributed by atoms with Crippen LogP contribution in [0.3, 0.4) is 0 Å². The van der Waals surface area contributed by atoms with Gasteiger partial charge in [0.2, 0.25) is 6.29 Å². The van der Waals surface area contributed by atoms with Gasteiger partial charge in [0.15, 0.2) is 0 Å². The topological polar surface area (TPSA) is 145 Å². The minimum atomic E-state index is -0.803. The maximum absolute atomic E-state index is 12.2. The third kappa shape index (κ3) is 15.2. The number of fused-ring (bicyclic) bond motifs is 2. The Morgan fingerprint density at radius 1 is 0.736 bits per heavy atom. The van der Waals surface area contributed by atoms with E-state index in [1.165, 1.54) is 60.3 Å². The number of ketones is 2. The predicted octanol–water partition coefficient (Wildman–Crippen LogP) is 4.95. The van der Waals surface area contributed by atoms with Gasteiger partial charge in [0.05, 0.1) is 19.8 Å². The predicted molar refractivity (Wildman–Crippen MR) is 203 cm³/mol. The highest BCUT2D eigenvalue weighted by molar-refractivity contribution is 6.20. The maximum atomic E-state index is 12.2. The summed E-state index contributed by atoms with van der Waals surface area (Å²) in [6, 6.07) is 8.77. The second-order valence-electron chi connectivity index (χ2n) is 14.7. The molecule has 4 heterocycles. The fourth-order valence-electron chi connectivity index (χ4n) is 7.31. The van der Waals surface area contributed by atoms with Crippen molar-refractivity contribution in [3.63, 3.8) is 0 Å². The fraction of sp³-hybridized carbons (Fsp3) is 0.643. The van der Waals surface area contributed by atoms with E-state index in [0.29, 0.717) is 49.4 Å². The summed E-state index contributed by atoms with van der Waals surface area (Å²) >= 11 is 0. The van der Waals surface area contributed by atoms with Crippen molar-refractivity contribution in [1.29, 1.82) is 0 Å². The summed E-state index contributed by atoms with van der Waals surface area (Å²) in [5, 5.41) is 3.22. The lowest BCUT2D eigenvalue weighted by Crippen LogP contribution is -2.49. The molecule has 11 nitrogen and oxygen atoms in total. The van der Waals surface area contributed by atoms with Gasteiger partial charge in [-0.3, -0.25) is 34.0 Å². The van der Waals surface area contributed by atoms with Crippen LogP contribution in [0.25, 0.3) is 0 Å². The summed E-state index contributed by atoms with van der Waals surface area (Å²) < 4.78 is 9.12. The molecule has 2 saturated heterocycles. The number of nitrogens with one attached hydrogen (secondary N) is 1. The molecule has 1 N–H and O–H groups in total. The van der Waals surface area contributed by atoms with E-state index >= 15 is 0 Å². The van der Waals surface area contributed by atoms with Crippen LogP contribution in [0.5, 0.6) is 0 Å². The molecule has 0 radical (unpaired) electrons. The summed E-state index contributed by atoms with van der Waals surface area (Å²) in [6.45, 7) is 8.20. The van der Waals surface area contributed by atoms with E-state index in [1.807, 2.05) is 11.8 Å². The highest BCUT2D eigenvalue weighted by atomic mass is 16.5. The molecule has 2 aromatic rings. The maximum Gasteiger partial charge on any atom is 0.371 e. The van der Waals surface area contributed by atoms with Crippen molar-refractivity contribution in [3.05, 3.63) is 58.2 Å². The van der Waals surface area contributed by atoms with Crippen molar-refractivity contribution in [1.82, 2.24) is 20.2 Å². The molecule has 290 valence electrons. The smallest absolute Gasteiger partial charge is 0.371 e. The van der Waals surface area contributed by atoms with Gasteiger partial charge in [-0.05, 0) is 139 Å². The van der Waals surface area contributed by atoms with Crippen LogP contribution in [0.1, 0.15) is 112 Å². The van der Waals surface area contributed by atoms with Crippen LogP contribution in [0.15, 0.2) is 24.3 Å². The Balaban J connectivity index is 0.000000205. The molecule has 0 atom stereocenters. The Morgan fingerprint density at radius 2 is 1.25 bits per heavy atom. The second kappa shape index (κ2) is 23.1. The van der Waals surface area contributed by atoms with Crippen LogP contribution in [0, 0.1) is 11.8 Å². The van der Waals surface area contributed by atoms with Crippen LogP contribution < -0.4 is 5.32 Å². The van der Waals surface area contributed by atoms with Crippen molar-refractivity contribution >= 4 is 29.8 Å². The summed E-state index contributed by atoms with van der Waals surface area (Å²) in [6.07, 6.45) is 16.3. The zero-order chi connectivity index (χ0) is 37.8. The van der Waals surface area contributed by atoms with Gasteiger partial charge in [0.25, 0.3) is 0 Å². The first-order valence-corrected chi connectivity index (χ1v) is 20.0. The normalized spacial score (nSPS) is 16.5. The average Bonchev–Trinajstić information content (AvgIpc) is 3.13. The number of likely N-dealkylation sites (tertiary alicyclic amines) is 1. The molecule has 2 fully saturated rings. The number of nitrogens with zero attached hydrogens (tertiary/aromatic N) is 3. The van der Waals surface area contributed by atoms with E-state index in [0.717, 1.165) is 89.7 Å². The van der Waals surface area contributed by atoms with Crippen LogP contribution in [0.2, 0.25) is 0 Å².